The fourth-order valence-electron chi connectivity index (χ4n) is 2.09. The first kappa shape index (κ1) is 16.9. The summed E-state index contributed by atoms with van der Waals surface area (Å²) in [6.45, 7) is 8.33. The van der Waals surface area contributed by atoms with Gasteiger partial charge in [-0.15, -0.1) is 0 Å². The number of carboxylic acids is 1. The highest BCUT2D eigenvalue weighted by Crippen LogP contribution is 2.31. The summed E-state index contributed by atoms with van der Waals surface area (Å²) in [6, 6.07) is 0. The summed E-state index contributed by atoms with van der Waals surface area (Å²) >= 11 is 0. The summed E-state index contributed by atoms with van der Waals surface area (Å²) in [5.74, 6) is -0.920. The second-order valence-electron chi connectivity index (χ2n) is 6.54. The van der Waals surface area contributed by atoms with E-state index in [1.807, 2.05) is 27.7 Å². The molecule has 1 heterocycles. The Bertz CT molecular complexity index is 366. The van der Waals surface area contributed by atoms with Crippen LogP contribution >= 0.6 is 0 Å². The Morgan fingerprint density at radius 3 is 2.15 bits per heavy atom. The van der Waals surface area contributed by atoms with E-state index >= 15 is 0 Å². The number of nitrogens with zero attached hydrogens (tertiary/aromatic N) is 1. The molecule has 3 N–H and O–H groups in total. The normalized spacial score (nSPS) is 18.1. The highest BCUT2D eigenvalue weighted by atomic mass is 16.5. The van der Waals surface area contributed by atoms with E-state index in [2.05, 4.69) is 0 Å². The topological polar surface area (TPSA) is 92.9 Å². The Labute approximate surface area is 120 Å². The molecule has 0 aromatic heterocycles. The number of ether oxygens (including phenoxy) is 1. The highest BCUT2D eigenvalue weighted by molar-refractivity contribution is 5.83. The van der Waals surface area contributed by atoms with E-state index in [0.717, 1.165) is 0 Å². The Balaban J connectivity index is 2.53. The zero-order chi connectivity index (χ0) is 15.6. The number of amides is 1. The molecule has 0 aromatic rings. The summed E-state index contributed by atoms with van der Waals surface area (Å²) < 4.78 is 5.26. The molecule has 0 aromatic carbocycles. The molecule has 1 saturated heterocycles. The van der Waals surface area contributed by atoms with Crippen LogP contribution in [-0.2, 0) is 14.3 Å². The fraction of sp³-hybridized carbons (Fsp3) is 0.857. The number of carboxylic acid groups (broad SMARTS) is 1. The number of carbonyl (C=O) groups excluding carboxylic acids is 1. The smallest absolute Gasteiger partial charge is 0.329 e. The second-order valence-corrected chi connectivity index (χ2v) is 6.54. The lowest BCUT2D eigenvalue weighted by molar-refractivity contribution is -0.150. The van der Waals surface area contributed by atoms with Crippen molar-refractivity contribution in [2.75, 3.05) is 19.7 Å². The van der Waals surface area contributed by atoms with Gasteiger partial charge in [0.15, 0.2) is 0 Å². The maximum atomic E-state index is 12.6. The minimum atomic E-state index is -0.963. The average molecular weight is 286 g/mol. The molecule has 0 spiro atoms. The van der Waals surface area contributed by atoms with Crippen LogP contribution in [-0.4, -0.2) is 53.2 Å². The summed E-state index contributed by atoms with van der Waals surface area (Å²) in [4.78, 5) is 24.8. The zero-order valence-electron chi connectivity index (χ0n) is 12.8. The van der Waals surface area contributed by atoms with Gasteiger partial charge in [0.25, 0.3) is 0 Å². The molecule has 0 aliphatic carbocycles. The fourth-order valence-corrected chi connectivity index (χ4v) is 2.09. The number of piperidine rings is 1. The molecule has 0 atom stereocenters. The van der Waals surface area contributed by atoms with Crippen LogP contribution in [0.2, 0.25) is 0 Å². The molecule has 1 aliphatic heterocycles. The van der Waals surface area contributed by atoms with Gasteiger partial charge in [0, 0.05) is 18.6 Å². The van der Waals surface area contributed by atoms with Crippen LogP contribution < -0.4 is 5.73 Å². The van der Waals surface area contributed by atoms with Gasteiger partial charge in [0.05, 0.1) is 11.5 Å². The van der Waals surface area contributed by atoms with Gasteiger partial charge in [-0.3, -0.25) is 4.79 Å². The summed E-state index contributed by atoms with van der Waals surface area (Å²) in [7, 11) is 0. The number of rotatable bonds is 5. The molecule has 1 amide bonds. The largest absolute Gasteiger partial charge is 0.480 e. The highest BCUT2D eigenvalue weighted by Gasteiger charge is 2.43. The monoisotopic (exact) mass is 286 g/mol. The maximum absolute atomic E-state index is 12.6. The van der Waals surface area contributed by atoms with Gasteiger partial charge in [-0.25, -0.2) is 4.79 Å². The lowest BCUT2D eigenvalue weighted by atomic mass is 9.74. The molecule has 6 nitrogen and oxygen atoms in total. The summed E-state index contributed by atoms with van der Waals surface area (Å²) in [6.07, 6.45) is 1.25. The van der Waals surface area contributed by atoms with Crippen molar-refractivity contribution in [2.24, 2.45) is 11.1 Å². The van der Waals surface area contributed by atoms with Crippen molar-refractivity contribution in [3.8, 4) is 0 Å². The number of hydrogen-bond acceptors (Lipinski definition) is 4. The zero-order valence-corrected chi connectivity index (χ0v) is 12.8. The van der Waals surface area contributed by atoms with Gasteiger partial charge in [0.1, 0.15) is 6.61 Å². The predicted molar refractivity (Wildman–Crippen MR) is 75.2 cm³/mol. The lowest BCUT2D eigenvalue weighted by Crippen LogP contribution is -2.57. The van der Waals surface area contributed by atoms with Crippen LogP contribution in [0.25, 0.3) is 0 Å². The standard InChI is InChI=1S/C14H26N2O4/c1-13(2,14(3,4)15)12(19)16-7-5-10(6-8-16)20-9-11(17)18/h10H,5-9,15H2,1-4H3,(H,17,18). The molecule has 0 unspecified atom stereocenters. The van der Waals surface area contributed by atoms with E-state index < -0.39 is 16.9 Å². The van der Waals surface area contributed by atoms with E-state index in [1.54, 1.807) is 4.90 Å². The summed E-state index contributed by atoms with van der Waals surface area (Å²) in [5, 5.41) is 8.58. The Morgan fingerprint density at radius 1 is 1.25 bits per heavy atom. The Kier molecular flexibility index (Phi) is 5.15. The van der Waals surface area contributed by atoms with Gasteiger partial charge < -0.3 is 20.5 Å². The average Bonchev–Trinajstić information content (AvgIpc) is 2.34. The van der Waals surface area contributed by atoms with Gasteiger partial charge in [0.2, 0.25) is 5.91 Å². The van der Waals surface area contributed by atoms with E-state index in [4.69, 9.17) is 15.6 Å². The molecule has 0 radical (unpaired) electrons. The minimum Gasteiger partial charge on any atom is -0.480 e. The van der Waals surface area contributed by atoms with Crippen LogP contribution in [0, 0.1) is 5.41 Å². The Hall–Kier alpha value is -1.14. The van der Waals surface area contributed by atoms with Crippen molar-refractivity contribution in [2.45, 2.75) is 52.2 Å². The van der Waals surface area contributed by atoms with Crippen LogP contribution in [0.3, 0.4) is 0 Å². The molecule has 0 bridgehead atoms. The third-order valence-corrected chi connectivity index (χ3v) is 4.32. The van der Waals surface area contributed by atoms with Gasteiger partial charge >= 0.3 is 5.97 Å². The number of carbonyl (C=O) groups is 2. The van der Waals surface area contributed by atoms with Crippen molar-refractivity contribution in [1.82, 2.24) is 4.90 Å². The lowest BCUT2D eigenvalue weighted by Gasteiger charge is -2.42. The van der Waals surface area contributed by atoms with Crippen LogP contribution in [0.1, 0.15) is 40.5 Å². The first-order chi connectivity index (χ1) is 9.05. The molecule has 116 valence electrons. The van der Waals surface area contributed by atoms with Gasteiger partial charge in [-0.1, -0.05) is 0 Å². The summed E-state index contributed by atoms with van der Waals surface area (Å²) in [5.41, 5.74) is 4.86. The quantitative estimate of drug-likeness (QED) is 0.781. The first-order valence-corrected chi connectivity index (χ1v) is 6.97. The molecular formula is C14H26N2O4. The van der Waals surface area contributed by atoms with E-state index in [-0.39, 0.29) is 18.6 Å². The molecule has 1 aliphatic rings. The molecule has 1 rings (SSSR count). The number of nitrogens with two attached hydrogens (primary N) is 1. The SMILES string of the molecule is CC(C)(N)C(C)(C)C(=O)N1CCC(OCC(=O)O)CC1. The van der Waals surface area contributed by atoms with Gasteiger partial charge in [-0.2, -0.15) is 0 Å². The molecular weight excluding hydrogens is 260 g/mol. The molecule has 20 heavy (non-hydrogen) atoms. The third-order valence-electron chi connectivity index (χ3n) is 4.32. The number of hydrogen-bond donors (Lipinski definition) is 2. The minimum absolute atomic E-state index is 0.0432. The van der Waals surface area contributed by atoms with E-state index in [9.17, 15) is 9.59 Å². The van der Waals surface area contributed by atoms with Crippen molar-refractivity contribution in [1.29, 1.82) is 0 Å². The van der Waals surface area contributed by atoms with Crippen LogP contribution in [0.15, 0.2) is 0 Å². The first-order valence-electron chi connectivity index (χ1n) is 6.97. The second kappa shape index (κ2) is 6.10. The van der Waals surface area contributed by atoms with Crippen molar-refractivity contribution in [3.63, 3.8) is 0 Å². The van der Waals surface area contributed by atoms with Crippen LogP contribution in [0.5, 0.6) is 0 Å². The molecule has 1 fully saturated rings. The molecule has 6 heteroatoms. The van der Waals surface area contributed by atoms with Crippen molar-refractivity contribution >= 4 is 11.9 Å². The Morgan fingerprint density at radius 2 is 1.75 bits per heavy atom. The third kappa shape index (κ3) is 3.93. The van der Waals surface area contributed by atoms with Crippen molar-refractivity contribution < 1.29 is 19.4 Å². The van der Waals surface area contributed by atoms with E-state index in [1.165, 1.54) is 0 Å². The molecule has 0 saturated carbocycles. The number of likely N-dealkylation sites (tertiary alicyclic amines) is 1. The number of aliphatic carboxylic acids is 1. The maximum Gasteiger partial charge on any atom is 0.329 e. The van der Waals surface area contributed by atoms with Crippen LogP contribution in [0.4, 0.5) is 0 Å². The van der Waals surface area contributed by atoms with Gasteiger partial charge in [-0.05, 0) is 40.5 Å². The predicted octanol–water partition coefficient (Wildman–Crippen LogP) is 0.842. The van der Waals surface area contributed by atoms with Crippen molar-refractivity contribution in [3.05, 3.63) is 0 Å². The van der Waals surface area contributed by atoms with E-state index in [0.29, 0.717) is 25.9 Å².